The number of alkyl halides is 1. The third kappa shape index (κ3) is 8.73. The van der Waals surface area contributed by atoms with Crippen molar-refractivity contribution in [3.63, 3.8) is 0 Å². The van der Waals surface area contributed by atoms with Gasteiger partial charge in [-0.15, -0.1) is 11.8 Å². The Balaban J connectivity index is 3.46. The smallest absolute Gasteiger partial charge is 0.318 e. The second-order valence-corrected chi connectivity index (χ2v) is 5.05. The summed E-state index contributed by atoms with van der Waals surface area (Å²) in [5, 5.41) is -0.133. The van der Waals surface area contributed by atoms with Gasteiger partial charge in [0.2, 0.25) is 0 Å². The summed E-state index contributed by atoms with van der Waals surface area (Å²) in [6.45, 7) is 5.85. The van der Waals surface area contributed by atoms with Crippen molar-refractivity contribution in [2.75, 3.05) is 12.4 Å². The van der Waals surface area contributed by atoms with Gasteiger partial charge in [-0.3, -0.25) is 4.79 Å². The molecular formula is C11H21FO2S. The molecule has 0 bridgehead atoms. The van der Waals surface area contributed by atoms with E-state index in [0.29, 0.717) is 13.0 Å². The topological polar surface area (TPSA) is 26.3 Å². The zero-order chi connectivity index (χ0) is 11.7. The summed E-state index contributed by atoms with van der Waals surface area (Å²) in [6, 6.07) is 0. The molecule has 0 aromatic rings. The normalized spacial score (nSPS) is 14.7. The Morgan fingerprint density at radius 3 is 2.67 bits per heavy atom. The van der Waals surface area contributed by atoms with Crippen LogP contribution >= 0.6 is 11.8 Å². The number of rotatable bonds is 8. The monoisotopic (exact) mass is 236 g/mol. The van der Waals surface area contributed by atoms with Gasteiger partial charge >= 0.3 is 5.97 Å². The SMILES string of the molecule is CCCOC(=O)C(C)SCCCC(C)F. The molecule has 0 amide bonds. The van der Waals surface area contributed by atoms with Crippen molar-refractivity contribution >= 4 is 17.7 Å². The highest BCUT2D eigenvalue weighted by Crippen LogP contribution is 2.15. The Labute approximate surface area is 96.0 Å². The predicted octanol–water partition coefficient (Wildman–Crippen LogP) is 3.20. The Morgan fingerprint density at radius 1 is 1.47 bits per heavy atom. The van der Waals surface area contributed by atoms with Gasteiger partial charge in [0, 0.05) is 0 Å². The van der Waals surface area contributed by atoms with E-state index in [-0.39, 0.29) is 11.2 Å². The lowest BCUT2D eigenvalue weighted by Gasteiger charge is -2.10. The highest BCUT2D eigenvalue weighted by Gasteiger charge is 2.14. The molecule has 0 spiro atoms. The summed E-state index contributed by atoms with van der Waals surface area (Å²) in [6.07, 6.45) is 1.49. The molecule has 0 heterocycles. The minimum absolute atomic E-state index is 0.133. The molecule has 2 nitrogen and oxygen atoms in total. The first-order valence-corrected chi connectivity index (χ1v) is 6.55. The number of hydrogen-bond acceptors (Lipinski definition) is 3. The number of ether oxygens (including phenoxy) is 1. The van der Waals surface area contributed by atoms with Crippen LogP contribution in [-0.4, -0.2) is 29.8 Å². The number of carbonyl (C=O) groups excluding carboxylic acids is 1. The van der Waals surface area contributed by atoms with E-state index in [1.165, 1.54) is 11.8 Å². The zero-order valence-electron chi connectivity index (χ0n) is 9.79. The molecule has 2 unspecified atom stereocenters. The first kappa shape index (κ1) is 14.8. The standard InChI is InChI=1S/C11H21FO2S/c1-4-7-14-11(13)10(3)15-8-5-6-9(2)12/h9-10H,4-8H2,1-3H3. The maximum absolute atomic E-state index is 12.5. The average Bonchev–Trinajstić information content (AvgIpc) is 2.20. The number of halogens is 1. The molecule has 0 N–H and O–H groups in total. The van der Waals surface area contributed by atoms with E-state index in [1.807, 2.05) is 13.8 Å². The molecule has 0 aromatic carbocycles. The average molecular weight is 236 g/mol. The van der Waals surface area contributed by atoms with Crippen molar-refractivity contribution in [1.82, 2.24) is 0 Å². The summed E-state index contributed by atoms with van der Waals surface area (Å²) in [5.74, 6) is 0.659. The van der Waals surface area contributed by atoms with Crippen LogP contribution in [0, 0.1) is 0 Å². The van der Waals surface area contributed by atoms with Crippen LogP contribution in [0.1, 0.15) is 40.0 Å². The quantitative estimate of drug-likeness (QED) is 0.478. The van der Waals surface area contributed by atoms with E-state index in [0.717, 1.165) is 18.6 Å². The largest absolute Gasteiger partial charge is 0.465 e. The summed E-state index contributed by atoms with van der Waals surface area (Å²) in [5.41, 5.74) is 0. The van der Waals surface area contributed by atoms with Gasteiger partial charge in [0.25, 0.3) is 0 Å². The molecule has 0 rings (SSSR count). The summed E-state index contributed by atoms with van der Waals surface area (Å²) in [7, 11) is 0. The lowest BCUT2D eigenvalue weighted by atomic mass is 10.2. The van der Waals surface area contributed by atoms with Crippen molar-refractivity contribution in [2.45, 2.75) is 51.5 Å². The van der Waals surface area contributed by atoms with E-state index >= 15 is 0 Å². The lowest BCUT2D eigenvalue weighted by Crippen LogP contribution is -2.17. The van der Waals surface area contributed by atoms with Gasteiger partial charge in [0.05, 0.1) is 18.0 Å². The van der Waals surface area contributed by atoms with Gasteiger partial charge in [0.15, 0.2) is 0 Å². The summed E-state index contributed by atoms with van der Waals surface area (Å²) < 4.78 is 17.4. The van der Waals surface area contributed by atoms with Gasteiger partial charge in [-0.2, -0.15) is 0 Å². The maximum atomic E-state index is 12.5. The molecule has 0 aliphatic carbocycles. The van der Waals surface area contributed by atoms with Gasteiger partial charge < -0.3 is 4.74 Å². The van der Waals surface area contributed by atoms with Crippen LogP contribution < -0.4 is 0 Å². The summed E-state index contributed by atoms with van der Waals surface area (Å²) in [4.78, 5) is 11.3. The predicted molar refractivity (Wildman–Crippen MR) is 63.0 cm³/mol. The van der Waals surface area contributed by atoms with Crippen LogP contribution in [0.15, 0.2) is 0 Å². The van der Waals surface area contributed by atoms with Gasteiger partial charge in [0.1, 0.15) is 0 Å². The van der Waals surface area contributed by atoms with E-state index in [2.05, 4.69) is 0 Å². The molecule has 90 valence electrons. The minimum Gasteiger partial charge on any atom is -0.465 e. The number of esters is 1. The summed E-state index contributed by atoms with van der Waals surface area (Å²) >= 11 is 1.54. The molecule has 0 aliphatic heterocycles. The molecule has 0 aliphatic rings. The molecule has 15 heavy (non-hydrogen) atoms. The van der Waals surface area contributed by atoms with Crippen LogP contribution in [0.5, 0.6) is 0 Å². The third-order valence-corrected chi connectivity index (χ3v) is 3.11. The Morgan fingerprint density at radius 2 is 2.13 bits per heavy atom. The molecule has 0 saturated carbocycles. The highest BCUT2D eigenvalue weighted by atomic mass is 32.2. The Hall–Kier alpha value is -0.250. The second kappa shape index (κ2) is 9.01. The van der Waals surface area contributed by atoms with Crippen LogP contribution in [0.25, 0.3) is 0 Å². The molecule has 4 heteroatoms. The van der Waals surface area contributed by atoms with Crippen molar-refractivity contribution in [1.29, 1.82) is 0 Å². The van der Waals surface area contributed by atoms with E-state index in [1.54, 1.807) is 6.92 Å². The maximum Gasteiger partial charge on any atom is 0.318 e. The first-order valence-electron chi connectivity index (χ1n) is 5.50. The molecule has 0 fully saturated rings. The van der Waals surface area contributed by atoms with Gasteiger partial charge in [-0.25, -0.2) is 4.39 Å². The van der Waals surface area contributed by atoms with Crippen molar-refractivity contribution < 1.29 is 13.9 Å². The molecule has 2 atom stereocenters. The van der Waals surface area contributed by atoms with Gasteiger partial charge in [-0.05, 0) is 38.9 Å². The highest BCUT2D eigenvalue weighted by molar-refractivity contribution is 8.00. The minimum atomic E-state index is -0.743. The van der Waals surface area contributed by atoms with E-state index < -0.39 is 6.17 Å². The fraction of sp³-hybridized carbons (Fsp3) is 0.909. The lowest BCUT2D eigenvalue weighted by molar-refractivity contribution is -0.142. The number of carbonyl (C=O) groups is 1. The number of hydrogen-bond donors (Lipinski definition) is 0. The second-order valence-electron chi connectivity index (χ2n) is 3.60. The fourth-order valence-electron chi connectivity index (χ4n) is 1.01. The molecule has 0 saturated heterocycles. The van der Waals surface area contributed by atoms with Gasteiger partial charge in [-0.1, -0.05) is 6.92 Å². The van der Waals surface area contributed by atoms with Crippen molar-refractivity contribution in [2.24, 2.45) is 0 Å². The molecule has 0 aromatic heterocycles. The van der Waals surface area contributed by atoms with Crippen LogP contribution in [-0.2, 0) is 9.53 Å². The van der Waals surface area contributed by atoms with E-state index in [9.17, 15) is 9.18 Å². The Bertz CT molecular complexity index is 174. The van der Waals surface area contributed by atoms with Crippen LogP contribution in [0.4, 0.5) is 4.39 Å². The number of thioether (sulfide) groups is 1. The van der Waals surface area contributed by atoms with Crippen molar-refractivity contribution in [3.8, 4) is 0 Å². The first-order chi connectivity index (χ1) is 7.07. The Kier molecular flexibility index (Phi) is 8.86. The third-order valence-electron chi connectivity index (χ3n) is 1.89. The van der Waals surface area contributed by atoms with Crippen LogP contribution in [0.3, 0.4) is 0 Å². The van der Waals surface area contributed by atoms with Crippen molar-refractivity contribution in [3.05, 3.63) is 0 Å². The molecular weight excluding hydrogens is 215 g/mol. The van der Waals surface area contributed by atoms with Crippen LogP contribution in [0.2, 0.25) is 0 Å². The van der Waals surface area contributed by atoms with E-state index in [4.69, 9.17) is 4.74 Å². The zero-order valence-corrected chi connectivity index (χ0v) is 10.6. The fourth-order valence-corrected chi connectivity index (χ4v) is 1.90. The molecule has 0 radical (unpaired) electrons.